The number of nitrogens with two attached hydrogens (primary N) is 1. The normalized spacial score (nSPS) is 13.0. The zero-order valence-corrected chi connectivity index (χ0v) is 13.4. The molecule has 0 amide bonds. The third-order valence-corrected chi connectivity index (χ3v) is 4.33. The Labute approximate surface area is 130 Å². The summed E-state index contributed by atoms with van der Waals surface area (Å²) in [6, 6.07) is 18.3. The molecule has 0 spiro atoms. The molecule has 0 radical (unpaired) electrons. The van der Waals surface area contributed by atoms with Crippen LogP contribution in [0.25, 0.3) is 0 Å². The van der Waals surface area contributed by atoms with Gasteiger partial charge < -0.3 is 5.73 Å². The summed E-state index contributed by atoms with van der Waals surface area (Å²) in [5.74, 6) is 0.568. The molecule has 0 heterocycles. The second kappa shape index (κ2) is 7.14. The highest BCUT2D eigenvalue weighted by atomic mass is 32.2. The van der Waals surface area contributed by atoms with E-state index in [-0.39, 0.29) is 0 Å². The van der Waals surface area contributed by atoms with Crippen LogP contribution in [0.2, 0.25) is 0 Å². The molecule has 0 aliphatic heterocycles. The van der Waals surface area contributed by atoms with Gasteiger partial charge in [0.05, 0.1) is 5.69 Å². The molecule has 0 saturated heterocycles. The maximum atomic E-state index is 6.11. The lowest BCUT2D eigenvalue weighted by molar-refractivity contribution is 1.36. The zero-order chi connectivity index (χ0) is 15.2. The van der Waals surface area contributed by atoms with E-state index in [1.807, 2.05) is 37.3 Å². The van der Waals surface area contributed by atoms with E-state index in [9.17, 15) is 0 Å². The van der Waals surface area contributed by atoms with Gasteiger partial charge in [0.15, 0.2) is 0 Å². The molecule has 2 N–H and O–H groups in total. The molecule has 0 fully saturated rings. The molecule has 0 unspecified atom stereocenters. The van der Waals surface area contributed by atoms with Gasteiger partial charge in [0, 0.05) is 10.5 Å². The van der Waals surface area contributed by atoms with Crippen molar-refractivity contribution in [1.29, 1.82) is 0 Å². The van der Waals surface area contributed by atoms with E-state index in [4.69, 9.17) is 5.73 Å². The van der Waals surface area contributed by atoms with Crippen LogP contribution in [0.3, 0.4) is 0 Å². The van der Waals surface area contributed by atoms with Crippen LogP contribution in [0.5, 0.6) is 0 Å². The topological polar surface area (TPSA) is 38.4 Å². The lowest BCUT2D eigenvalue weighted by Gasteiger charge is -2.08. The predicted octanol–water partition coefficient (Wildman–Crippen LogP) is 5.07. The van der Waals surface area contributed by atoms with Crippen molar-refractivity contribution in [1.82, 2.24) is 0 Å². The van der Waals surface area contributed by atoms with Gasteiger partial charge in [0.2, 0.25) is 0 Å². The number of allylic oxidation sites excluding steroid dienone is 1. The van der Waals surface area contributed by atoms with Crippen molar-refractivity contribution in [2.45, 2.75) is 25.7 Å². The Morgan fingerprint density at radius 1 is 0.952 bits per heavy atom. The molecular formula is C18H20N2S. The second-order valence-electron chi connectivity index (χ2n) is 4.93. The number of aryl methyl sites for hydroxylation is 1. The van der Waals surface area contributed by atoms with Crippen LogP contribution in [0.4, 0.5) is 5.69 Å². The van der Waals surface area contributed by atoms with Gasteiger partial charge in [-0.25, -0.2) is 4.99 Å². The summed E-state index contributed by atoms with van der Waals surface area (Å²) in [5.41, 5.74) is 9.27. The summed E-state index contributed by atoms with van der Waals surface area (Å²) in [6.07, 6.45) is 0. The molecule has 2 aromatic carbocycles. The first-order chi connectivity index (χ1) is 10.1. The van der Waals surface area contributed by atoms with E-state index in [1.165, 1.54) is 10.5 Å². The summed E-state index contributed by atoms with van der Waals surface area (Å²) in [6.45, 7) is 6.18. The molecule has 0 bridgehead atoms. The fourth-order valence-electron chi connectivity index (χ4n) is 1.77. The van der Waals surface area contributed by atoms with E-state index in [0.29, 0.717) is 5.84 Å². The molecule has 0 aromatic heterocycles. The fraction of sp³-hybridized carbons (Fsp3) is 0.167. The smallest absolute Gasteiger partial charge is 0.127 e. The van der Waals surface area contributed by atoms with Crippen LogP contribution in [0.1, 0.15) is 19.4 Å². The van der Waals surface area contributed by atoms with Gasteiger partial charge in [-0.1, -0.05) is 47.7 Å². The molecule has 2 aromatic rings. The van der Waals surface area contributed by atoms with Crippen LogP contribution in [0.15, 0.2) is 75.0 Å². The van der Waals surface area contributed by atoms with Crippen molar-refractivity contribution in [2.75, 3.05) is 0 Å². The van der Waals surface area contributed by atoms with Gasteiger partial charge in [0.25, 0.3) is 0 Å². The number of hydrogen-bond acceptors (Lipinski definition) is 2. The van der Waals surface area contributed by atoms with E-state index in [0.717, 1.165) is 16.2 Å². The number of para-hydroxylation sites is 1. The summed E-state index contributed by atoms with van der Waals surface area (Å²) < 4.78 is 0. The van der Waals surface area contributed by atoms with Crippen molar-refractivity contribution in [3.05, 3.63) is 70.6 Å². The third kappa shape index (κ3) is 4.50. The SMILES string of the molecule is CC(Sc1ccc(C)cc1)=C(C)C(N)=Nc1ccccc1. The average molecular weight is 296 g/mol. The molecular weight excluding hydrogens is 276 g/mol. The highest BCUT2D eigenvalue weighted by Crippen LogP contribution is 2.29. The highest BCUT2D eigenvalue weighted by Gasteiger charge is 2.04. The van der Waals surface area contributed by atoms with E-state index >= 15 is 0 Å². The minimum atomic E-state index is 0.568. The molecule has 108 valence electrons. The Hall–Kier alpha value is -2.00. The minimum Gasteiger partial charge on any atom is -0.383 e. The minimum absolute atomic E-state index is 0.568. The lowest BCUT2D eigenvalue weighted by Crippen LogP contribution is -2.13. The van der Waals surface area contributed by atoms with E-state index < -0.39 is 0 Å². The van der Waals surface area contributed by atoms with Gasteiger partial charge >= 0.3 is 0 Å². The van der Waals surface area contributed by atoms with Crippen molar-refractivity contribution in [2.24, 2.45) is 10.7 Å². The van der Waals surface area contributed by atoms with Crippen LogP contribution in [-0.2, 0) is 0 Å². The van der Waals surface area contributed by atoms with Gasteiger partial charge in [-0.2, -0.15) is 0 Å². The maximum absolute atomic E-state index is 6.11. The second-order valence-corrected chi connectivity index (χ2v) is 6.22. The molecule has 3 heteroatoms. The number of aliphatic imine (C=N–C) groups is 1. The number of thioether (sulfide) groups is 1. The van der Waals surface area contributed by atoms with Crippen molar-refractivity contribution in [3.63, 3.8) is 0 Å². The van der Waals surface area contributed by atoms with Crippen molar-refractivity contribution in [3.8, 4) is 0 Å². The first-order valence-electron chi connectivity index (χ1n) is 6.88. The van der Waals surface area contributed by atoms with Crippen LogP contribution < -0.4 is 5.73 Å². The standard InChI is InChI=1S/C18H20N2S/c1-13-9-11-17(12-10-13)21-15(3)14(2)18(19)20-16-7-5-4-6-8-16/h4-12H,1-3H3,(H2,19,20). The summed E-state index contributed by atoms with van der Waals surface area (Å²) >= 11 is 1.72. The Kier molecular flexibility index (Phi) is 5.23. The van der Waals surface area contributed by atoms with Crippen LogP contribution >= 0.6 is 11.8 Å². The number of nitrogens with zero attached hydrogens (tertiary/aromatic N) is 1. The first-order valence-corrected chi connectivity index (χ1v) is 7.69. The maximum Gasteiger partial charge on any atom is 0.127 e. The molecule has 0 saturated carbocycles. The number of amidine groups is 1. The molecule has 0 atom stereocenters. The summed E-state index contributed by atoms with van der Waals surface area (Å²) in [5, 5.41) is 0. The fourth-order valence-corrected chi connectivity index (χ4v) is 2.65. The lowest BCUT2D eigenvalue weighted by atomic mass is 10.2. The molecule has 2 rings (SSSR count). The highest BCUT2D eigenvalue weighted by molar-refractivity contribution is 8.03. The van der Waals surface area contributed by atoms with Gasteiger partial charge in [-0.15, -0.1) is 0 Å². The number of benzene rings is 2. The quantitative estimate of drug-likeness (QED) is 0.486. The third-order valence-electron chi connectivity index (χ3n) is 3.21. The number of rotatable bonds is 4. The van der Waals surface area contributed by atoms with E-state index in [2.05, 4.69) is 43.1 Å². The average Bonchev–Trinajstić information content (AvgIpc) is 2.49. The van der Waals surface area contributed by atoms with E-state index in [1.54, 1.807) is 11.8 Å². The van der Waals surface area contributed by atoms with Gasteiger partial charge in [-0.05, 0) is 49.9 Å². The zero-order valence-electron chi connectivity index (χ0n) is 12.6. The van der Waals surface area contributed by atoms with Crippen molar-refractivity contribution < 1.29 is 0 Å². The van der Waals surface area contributed by atoms with Gasteiger partial charge in [0.1, 0.15) is 5.84 Å². The Bertz CT molecular complexity index is 655. The largest absolute Gasteiger partial charge is 0.383 e. The Balaban J connectivity index is 2.17. The predicted molar refractivity (Wildman–Crippen MR) is 93.1 cm³/mol. The van der Waals surface area contributed by atoms with Crippen LogP contribution in [-0.4, -0.2) is 5.84 Å². The summed E-state index contributed by atoms with van der Waals surface area (Å²) in [4.78, 5) is 6.83. The molecule has 21 heavy (non-hydrogen) atoms. The monoisotopic (exact) mass is 296 g/mol. The van der Waals surface area contributed by atoms with Gasteiger partial charge in [-0.3, -0.25) is 0 Å². The Morgan fingerprint density at radius 2 is 1.57 bits per heavy atom. The number of hydrogen-bond donors (Lipinski definition) is 1. The Morgan fingerprint density at radius 3 is 2.19 bits per heavy atom. The summed E-state index contributed by atoms with van der Waals surface area (Å²) in [7, 11) is 0. The molecule has 0 aliphatic carbocycles. The first kappa shape index (κ1) is 15.4. The molecule has 2 nitrogen and oxygen atoms in total. The van der Waals surface area contributed by atoms with Crippen molar-refractivity contribution >= 4 is 23.3 Å². The van der Waals surface area contributed by atoms with Crippen LogP contribution in [0, 0.1) is 6.92 Å². The molecule has 0 aliphatic rings.